The van der Waals surface area contributed by atoms with Gasteiger partial charge in [0.05, 0.1) is 6.04 Å². The molecule has 1 aliphatic rings. The summed E-state index contributed by atoms with van der Waals surface area (Å²) < 4.78 is 0. The molecular weight excluding hydrogens is 224 g/mol. The van der Waals surface area contributed by atoms with E-state index in [1.165, 1.54) is 11.1 Å². The SMILES string of the molecule is CCNC1CCCN(c2ccc(C)c(C)c2)C1=O. The highest BCUT2D eigenvalue weighted by Gasteiger charge is 2.28. The van der Waals surface area contributed by atoms with Gasteiger partial charge in [-0.15, -0.1) is 0 Å². The number of piperidine rings is 1. The van der Waals surface area contributed by atoms with Crippen LogP contribution in [0.15, 0.2) is 18.2 Å². The fourth-order valence-corrected chi connectivity index (χ4v) is 2.46. The lowest BCUT2D eigenvalue weighted by Gasteiger charge is -2.33. The quantitative estimate of drug-likeness (QED) is 0.888. The van der Waals surface area contributed by atoms with Crippen molar-refractivity contribution in [1.82, 2.24) is 5.32 Å². The van der Waals surface area contributed by atoms with Crippen LogP contribution in [-0.2, 0) is 4.79 Å². The van der Waals surface area contributed by atoms with Crippen LogP contribution in [0.3, 0.4) is 0 Å². The van der Waals surface area contributed by atoms with Crippen LogP contribution in [0, 0.1) is 13.8 Å². The maximum atomic E-state index is 12.4. The fraction of sp³-hybridized carbons (Fsp3) is 0.533. The monoisotopic (exact) mass is 246 g/mol. The smallest absolute Gasteiger partial charge is 0.244 e. The molecule has 3 heteroatoms. The van der Waals surface area contributed by atoms with Gasteiger partial charge in [-0.1, -0.05) is 13.0 Å². The zero-order valence-corrected chi connectivity index (χ0v) is 11.5. The first-order valence-electron chi connectivity index (χ1n) is 6.75. The maximum Gasteiger partial charge on any atom is 0.244 e. The third-order valence-corrected chi connectivity index (χ3v) is 3.69. The maximum absolute atomic E-state index is 12.4. The number of nitrogens with zero attached hydrogens (tertiary/aromatic N) is 1. The standard InChI is InChI=1S/C15H22N2O/c1-4-16-14-6-5-9-17(15(14)18)13-8-7-11(2)12(3)10-13/h7-8,10,14,16H,4-6,9H2,1-3H3. The van der Waals surface area contributed by atoms with Crippen LogP contribution in [0.1, 0.15) is 30.9 Å². The molecule has 1 heterocycles. The van der Waals surface area contributed by atoms with Crippen molar-refractivity contribution >= 4 is 11.6 Å². The molecule has 0 aliphatic carbocycles. The molecule has 1 amide bonds. The minimum atomic E-state index is -0.00893. The summed E-state index contributed by atoms with van der Waals surface area (Å²) in [6, 6.07) is 6.25. The van der Waals surface area contributed by atoms with E-state index >= 15 is 0 Å². The van der Waals surface area contributed by atoms with E-state index in [-0.39, 0.29) is 11.9 Å². The Bertz CT molecular complexity index is 440. The topological polar surface area (TPSA) is 32.3 Å². The second-order valence-corrected chi connectivity index (χ2v) is 5.01. The fourth-order valence-electron chi connectivity index (χ4n) is 2.46. The summed E-state index contributed by atoms with van der Waals surface area (Å²) >= 11 is 0. The predicted octanol–water partition coefficient (Wildman–Crippen LogP) is 2.41. The van der Waals surface area contributed by atoms with E-state index in [1.54, 1.807) is 0 Å². The third-order valence-electron chi connectivity index (χ3n) is 3.69. The molecule has 1 saturated heterocycles. The van der Waals surface area contributed by atoms with Crippen molar-refractivity contribution in [2.75, 3.05) is 18.0 Å². The van der Waals surface area contributed by atoms with E-state index in [1.807, 2.05) is 11.8 Å². The van der Waals surface area contributed by atoms with E-state index < -0.39 is 0 Å². The van der Waals surface area contributed by atoms with Crippen molar-refractivity contribution in [1.29, 1.82) is 0 Å². The third kappa shape index (κ3) is 2.56. The van der Waals surface area contributed by atoms with Crippen LogP contribution < -0.4 is 10.2 Å². The lowest BCUT2D eigenvalue weighted by molar-refractivity contribution is -0.121. The zero-order valence-electron chi connectivity index (χ0n) is 11.5. The number of amides is 1. The molecule has 1 aromatic rings. The van der Waals surface area contributed by atoms with Crippen LogP contribution in [-0.4, -0.2) is 25.0 Å². The molecule has 1 fully saturated rings. The van der Waals surface area contributed by atoms with Gasteiger partial charge in [-0.25, -0.2) is 0 Å². The Balaban J connectivity index is 2.21. The number of likely N-dealkylation sites (N-methyl/N-ethyl adjacent to an activating group) is 1. The van der Waals surface area contributed by atoms with Crippen molar-refractivity contribution in [3.05, 3.63) is 29.3 Å². The Kier molecular flexibility index (Phi) is 4.02. The summed E-state index contributed by atoms with van der Waals surface area (Å²) in [5.41, 5.74) is 3.54. The molecule has 0 spiro atoms. The number of carbonyl (C=O) groups is 1. The van der Waals surface area contributed by atoms with E-state index in [0.29, 0.717) is 0 Å². The van der Waals surface area contributed by atoms with Crippen molar-refractivity contribution < 1.29 is 4.79 Å². The van der Waals surface area contributed by atoms with Gasteiger partial charge < -0.3 is 10.2 Å². The first-order chi connectivity index (χ1) is 8.63. The second-order valence-electron chi connectivity index (χ2n) is 5.01. The average molecular weight is 246 g/mol. The molecule has 0 aromatic heterocycles. The van der Waals surface area contributed by atoms with Gasteiger partial charge in [0.25, 0.3) is 0 Å². The molecule has 0 radical (unpaired) electrons. The van der Waals surface area contributed by atoms with Crippen molar-refractivity contribution in [3.63, 3.8) is 0 Å². The molecule has 18 heavy (non-hydrogen) atoms. The van der Waals surface area contributed by atoms with Crippen LogP contribution in [0.2, 0.25) is 0 Å². The number of carbonyl (C=O) groups excluding carboxylic acids is 1. The van der Waals surface area contributed by atoms with E-state index in [9.17, 15) is 4.79 Å². The number of rotatable bonds is 3. The summed E-state index contributed by atoms with van der Waals surface area (Å²) in [5.74, 6) is 0.214. The summed E-state index contributed by atoms with van der Waals surface area (Å²) in [7, 11) is 0. The van der Waals surface area contributed by atoms with Gasteiger partial charge in [0.2, 0.25) is 5.91 Å². The lowest BCUT2D eigenvalue weighted by Crippen LogP contribution is -2.50. The number of benzene rings is 1. The zero-order chi connectivity index (χ0) is 13.1. The number of hydrogen-bond donors (Lipinski definition) is 1. The average Bonchev–Trinajstić information content (AvgIpc) is 2.36. The summed E-state index contributed by atoms with van der Waals surface area (Å²) in [5, 5.41) is 3.27. The van der Waals surface area contributed by atoms with Crippen molar-refractivity contribution in [3.8, 4) is 0 Å². The van der Waals surface area contributed by atoms with Gasteiger partial charge in [0.1, 0.15) is 0 Å². The van der Waals surface area contributed by atoms with Crippen LogP contribution in [0.5, 0.6) is 0 Å². The summed E-state index contributed by atoms with van der Waals surface area (Å²) in [6.45, 7) is 7.91. The number of anilines is 1. The van der Waals surface area contributed by atoms with Crippen molar-refractivity contribution in [2.45, 2.75) is 39.7 Å². The molecule has 3 nitrogen and oxygen atoms in total. The van der Waals surface area contributed by atoms with Gasteiger partial charge in [0, 0.05) is 12.2 Å². The minimum absolute atomic E-state index is 0.00893. The summed E-state index contributed by atoms with van der Waals surface area (Å²) in [6.07, 6.45) is 2.02. The van der Waals surface area contributed by atoms with Gasteiger partial charge in [-0.05, 0) is 56.5 Å². The molecule has 1 N–H and O–H groups in total. The Morgan fingerprint density at radius 1 is 1.33 bits per heavy atom. The molecule has 0 bridgehead atoms. The van der Waals surface area contributed by atoms with Gasteiger partial charge >= 0.3 is 0 Å². The van der Waals surface area contributed by atoms with Gasteiger partial charge in [-0.2, -0.15) is 0 Å². The second kappa shape index (κ2) is 5.53. The molecule has 1 atom stereocenters. The molecule has 98 valence electrons. The molecule has 2 rings (SSSR count). The van der Waals surface area contributed by atoms with Crippen LogP contribution >= 0.6 is 0 Å². The minimum Gasteiger partial charge on any atom is -0.311 e. The van der Waals surface area contributed by atoms with E-state index in [0.717, 1.165) is 31.6 Å². The highest BCUT2D eigenvalue weighted by atomic mass is 16.2. The summed E-state index contributed by atoms with van der Waals surface area (Å²) in [4.78, 5) is 14.3. The Morgan fingerprint density at radius 2 is 2.11 bits per heavy atom. The first-order valence-corrected chi connectivity index (χ1v) is 6.75. The highest BCUT2D eigenvalue weighted by molar-refractivity contribution is 5.98. The number of hydrogen-bond acceptors (Lipinski definition) is 2. The van der Waals surface area contributed by atoms with Gasteiger partial charge in [0.15, 0.2) is 0 Å². The van der Waals surface area contributed by atoms with Gasteiger partial charge in [-0.3, -0.25) is 4.79 Å². The lowest BCUT2D eigenvalue weighted by atomic mass is 10.0. The molecular formula is C15H22N2O. The largest absolute Gasteiger partial charge is 0.311 e. The predicted molar refractivity (Wildman–Crippen MR) is 75.0 cm³/mol. The molecule has 1 aliphatic heterocycles. The van der Waals surface area contributed by atoms with Crippen LogP contribution in [0.25, 0.3) is 0 Å². The first kappa shape index (κ1) is 13.1. The molecule has 0 saturated carbocycles. The number of nitrogens with one attached hydrogen (secondary N) is 1. The van der Waals surface area contributed by atoms with Crippen LogP contribution in [0.4, 0.5) is 5.69 Å². The number of aryl methyl sites for hydroxylation is 2. The Labute approximate surface area is 109 Å². The molecule has 1 unspecified atom stereocenters. The highest BCUT2D eigenvalue weighted by Crippen LogP contribution is 2.23. The normalized spacial score (nSPS) is 20.3. The Hall–Kier alpha value is -1.35. The van der Waals surface area contributed by atoms with E-state index in [2.05, 4.69) is 37.4 Å². The Morgan fingerprint density at radius 3 is 2.78 bits per heavy atom. The van der Waals surface area contributed by atoms with E-state index in [4.69, 9.17) is 0 Å². The van der Waals surface area contributed by atoms with Crippen molar-refractivity contribution in [2.24, 2.45) is 0 Å². The molecule has 1 aromatic carbocycles.